The first-order valence-corrected chi connectivity index (χ1v) is 8.39. The normalized spacial score (nSPS) is 19.2. The molecule has 0 unspecified atom stereocenters. The van der Waals surface area contributed by atoms with E-state index in [-0.39, 0.29) is 23.5 Å². The van der Waals surface area contributed by atoms with Crippen molar-refractivity contribution in [3.63, 3.8) is 0 Å². The SMILES string of the molecule is CCCCN=C1NC(=O)[C@@H](CC(=O)NCc2ccccc2)S1. The fourth-order valence-corrected chi connectivity index (χ4v) is 2.99. The summed E-state index contributed by atoms with van der Waals surface area (Å²) in [7, 11) is 0. The minimum atomic E-state index is -0.379. The molecule has 1 heterocycles. The number of hydrogen-bond donors (Lipinski definition) is 2. The maximum absolute atomic E-state index is 11.9. The average molecular weight is 319 g/mol. The van der Waals surface area contributed by atoms with Crippen molar-refractivity contribution in [3.8, 4) is 0 Å². The average Bonchev–Trinajstić information content (AvgIpc) is 2.86. The third kappa shape index (κ3) is 5.18. The molecular formula is C16H21N3O2S. The topological polar surface area (TPSA) is 70.6 Å². The van der Waals surface area contributed by atoms with Crippen molar-refractivity contribution >= 4 is 28.7 Å². The summed E-state index contributed by atoms with van der Waals surface area (Å²) >= 11 is 1.35. The second-order valence-electron chi connectivity index (χ2n) is 5.10. The largest absolute Gasteiger partial charge is 0.352 e. The number of nitrogens with one attached hydrogen (secondary N) is 2. The van der Waals surface area contributed by atoms with Crippen molar-refractivity contribution in [2.24, 2.45) is 4.99 Å². The van der Waals surface area contributed by atoms with E-state index >= 15 is 0 Å². The molecule has 1 saturated heterocycles. The minimum Gasteiger partial charge on any atom is -0.352 e. The van der Waals surface area contributed by atoms with Crippen LogP contribution in [-0.2, 0) is 16.1 Å². The van der Waals surface area contributed by atoms with Gasteiger partial charge in [0.15, 0.2) is 5.17 Å². The molecule has 0 bridgehead atoms. The lowest BCUT2D eigenvalue weighted by Crippen LogP contribution is -2.31. The number of amides is 2. The number of carbonyl (C=O) groups is 2. The molecule has 1 atom stereocenters. The fraction of sp³-hybridized carbons (Fsp3) is 0.438. The Morgan fingerprint density at radius 3 is 2.86 bits per heavy atom. The van der Waals surface area contributed by atoms with Crippen LogP contribution < -0.4 is 10.6 Å². The van der Waals surface area contributed by atoms with Gasteiger partial charge in [0, 0.05) is 19.5 Å². The molecule has 2 amide bonds. The quantitative estimate of drug-likeness (QED) is 0.756. The minimum absolute atomic E-state index is 0.119. The van der Waals surface area contributed by atoms with Crippen LogP contribution in [0.25, 0.3) is 0 Å². The summed E-state index contributed by atoms with van der Waals surface area (Å²) < 4.78 is 0. The second kappa shape index (κ2) is 8.58. The zero-order valence-corrected chi connectivity index (χ0v) is 13.5. The highest BCUT2D eigenvalue weighted by Gasteiger charge is 2.31. The molecule has 1 fully saturated rings. The number of hydrogen-bond acceptors (Lipinski definition) is 4. The van der Waals surface area contributed by atoms with Crippen molar-refractivity contribution in [3.05, 3.63) is 35.9 Å². The molecule has 0 saturated carbocycles. The molecule has 118 valence electrons. The van der Waals surface area contributed by atoms with Gasteiger partial charge in [0.25, 0.3) is 0 Å². The zero-order chi connectivity index (χ0) is 15.8. The third-order valence-electron chi connectivity index (χ3n) is 3.25. The zero-order valence-electron chi connectivity index (χ0n) is 12.7. The van der Waals surface area contributed by atoms with Crippen LogP contribution in [0.4, 0.5) is 0 Å². The van der Waals surface area contributed by atoms with Gasteiger partial charge < -0.3 is 10.6 Å². The molecule has 1 aromatic rings. The van der Waals surface area contributed by atoms with Crippen LogP contribution in [0.3, 0.4) is 0 Å². The number of rotatable bonds is 7. The van der Waals surface area contributed by atoms with Gasteiger partial charge in [0.05, 0.1) is 0 Å². The summed E-state index contributed by atoms with van der Waals surface area (Å²) in [4.78, 5) is 28.1. The summed E-state index contributed by atoms with van der Waals surface area (Å²) in [5.74, 6) is -0.249. The number of amidine groups is 1. The predicted octanol–water partition coefficient (Wildman–Crippen LogP) is 2.08. The van der Waals surface area contributed by atoms with Gasteiger partial charge in [-0.05, 0) is 12.0 Å². The molecule has 2 N–H and O–H groups in total. The van der Waals surface area contributed by atoms with Crippen molar-refractivity contribution in [2.45, 2.75) is 38.0 Å². The summed E-state index contributed by atoms with van der Waals surface area (Å²) in [6.07, 6.45) is 2.25. The van der Waals surface area contributed by atoms with Crippen LogP contribution >= 0.6 is 11.8 Å². The van der Waals surface area contributed by atoms with E-state index in [0.29, 0.717) is 18.3 Å². The number of aliphatic imine (C=N–C) groups is 1. The van der Waals surface area contributed by atoms with E-state index in [1.165, 1.54) is 11.8 Å². The van der Waals surface area contributed by atoms with E-state index in [1.54, 1.807) is 0 Å². The van der Waals surface area contributed by atoms with Gasteiger partial charge in [-0.1, -0.05) is 55.4 Å². The molecule has 0 spiro atoms. The second-order valence-corrected chi connectivity index (χ2v) is 6.29. The van der Waals surface area contributed by atoms with E-state index in [0.717, 1.165) is 18.4 Å². The summed E-state index contributed by atoms with van der Waals surface area (Å²) in [5.41, 5.74) is 1.04. The van der Waals surface area contributed by atoms with E-state index in [4.69, 9.17) is 0 Å². The first-order valence-electron chi connectivity index (χ1n) is 7.51. The number of carbonyl (C=O) groups excluding carboxylic acids is 2. The first-order chi connectivity index (χ1) is 10.7. The monoisotopic (exact) mass is 319 g/mol. The Bertz CT molecular complexity index is 546. The first kappa shape index (κ1) is 16.5. The van der Waals surface area contributed by atoms with Crippen LogP contribution in [-0.4, -0.2) is 28.8 Å². The molecule has 2 rings (SSSR count). The van der Waals surface area contributed by atoms with Crippen LogP contribution in [0.5, 0.6) is 0 Å². The molecule has 6 heteroatoms. The van der Waals surface area contributed by atoms with Gasteiger partial charge in [-0.2, -0.15) is 0 Å². The number of unbranched alkanes of at least 4 members (excludes halogenated alkanes) is 1. The number of nitrogens with zero attached hydrogens (tertiary/aromatic N) is 1. The summed E-state index contributed by atoms with van der Waals surface area (Å²) in [6.45, 7) is 3.29. The van der Waals surface area contributed by atoms with Gasteiger partial charge in [-0.15, -0.1) is 0 Å². The smallest absolute Gasteiger partial charge is 0.240 e. The van der Waals surface area contributed by atoms with Gasteiger partial charge in [0.1, 0.15) is 5.25 Å². The highest BCUT2D eigenvalue weighted by Crippen LogP contribution is 2.22. The van der Waals surface area contributed by atoms with Crippen molar-refractivity contribution in [1.29, 1.82) is 0 Å². The highest BCUT2D eigenvalue weighted by molar-refractivity contribution is 8.15. The molecule has 22 heavy (non-hydrogen) atoms. The van der Waals surface area contributed by atoms with Gasteiger partial charge in [-0.25, -0.2) is 0 Å². The number of benzene rings is 1. The fourth-order valence-electron chi connectivity index (χ4n) is 1.99. The molecule has 1 aliphatic rings. The van der Waals surface area contributed by atoms with Gasteiger partial charge in [-0.3, -0.25) is 14.6 Å². The Morgan fingerprint density at radius 1 is 1.36 bits per heavy atom. The van der Waals surface area contributed by atoms with Crippen molar-refractivity contribution in [2.75, 3.05) is 6.54 Å². The molecule has 1 aliphatic heterocycles. The lowest BCUT2D eigenvalue weighted by atomic mass is 10.2. The van der Waals surface area contributed by atoms with Crippen LogP contribution in [0.2, 0.25) is 0 Å². The third-order valence-corrected chi connectivity index (χ3v) is 4.37. The van der Waals surface area contributed by atoms with E-state index < -0.39 is 0 Å². The summed E-state index contributed by atoms with van der Waals surface area (Å²) in [6, 6.07) is 9.71. The standard InChI is InChI=1S/C16H21N3O2S/c1-2-3-9-17-16-19-15(21)13(22-16)10-14(20)18-11-12-7-5-4-6-8-12/h4-8,13H,2-3,9-11H2,1H3,(H,18,20)(H,17,19,21)/t13-/m1/s1. The maximum atomic E-state index is 11.9. The van der Waals surface area contributed by atoms with Gasteiger partial charge in [0.2, 0.25) is 11.8 Å². The lowest BCUT2D eigenvalue weighted by Gasteiger charge is -2.07. The van der Waals surface area contributed by atoms with Crippen LogP contribution in [0.15, 0.2) is 35.3 Å². The van der Waals surface area contributed by atoms with E-state index in [2.05, 4.69) is 22.5 Å². The predicted molar refractivity (Wildman–Crippen MR) is 89.6 cm³/mol. The molecular weight excluding hydrogens is 298 g/mol. The van der Waals surface area contributed by atoms with E-state index in [1.807, 2.05) is 30.3 Å². The Kier molecular flexibility index (Phi) is 6.45. The highest BCUT2D eigenvalue weighted by atomic mass is 32.2. The van der Waals surface area contributed by atoms with Crippen molar-refractivity contribution < 1.29 is 9.59 Å². The van der Waals surface area contributed by atoms with E-state index in [9.17, 15) is 9.59 Å². The van der Waals surface area contributed by atoms with Gasteiger partial charge >= 0.3 is 0 Å². The number of thioether (sulfide) groups is 1. The molecule has 0 aromatic heterocycles. The Balaban J connectivity index is 1.77. The van der Waals surface area contributed by atoms with Crippen molar-refractivity contribution in [1.82, 2.24) is 10.6 Å². The van der Waals surface area contributed by atoms with Crippen LogP contribution in [0, 0.1) is 0 Å². The summed E-state index contributed by atoms with van der Waals surface area (Å²) in [5, 5.41) is 5.84. The molecule has 5 nitrogen and oxygen atoms in total. The molecule has 0 aliphatic carbocycles. The Morgan fingerprint density at radius 2 is 2.14 bits per heavy atom. The Labute approximate surface area is 135 Å². The van der Waals surface area contributed by atoms with Crippen LogP contribution in [0.1, 0.15) is 31.7 Å². The maximum Gasteiger partial charge on any atom is 0.240 e. The molecule has 0 radical (unpaired) electrons. The Hall–Kier alpha value is -1.82. The lowest BCUT2D eigenvalue weighted by molar-refractivity contribution is -0.125. The molecule has 1 aromatic carbocycles.